The van der Waals surface area contributed by atoms with Crippen molar-refractivity contribution in [3.05, 3.63) is 72.3 Å². The Hall–Kier alpha value is -2.72. The summed E-state index contributed by atoms with van der Waals surface area (Å²) in [5, 5.41) is 10.4. The Kier molecular flexibility index (Phi) is 8.03. The first-order chi connectivity index (χ1) is 15.3. The molecule has 0 spiro atoms. The summed E-state index contributed by atoms with van der Waals surface area (Å²) in [4.78, 5) is 13.3. The minimum absolute atomic E-state index is 0.127. The van der Waals surface area contributed by atoms with Crippen LogP contribution in [-0.4, -0.2) is 74.1 Å². The molecular weight excluding hydrogens is 430 g/mol. The molecule has 1 aliphatic heterocycles. The van der Waals surface area contributed by atoms with E-state index >= 15 is 0 Å². The maximum atomic E-state index is 12.9. The van der Waals surface area contributed by atoms with Gasteiger partial charge in [-0.05, 0) is 42.3 Å². The van der Waals surface area contributed by atoms with Crippen molar-refractivity contribution in [1.29, 1.82) is 0 Å². The lowest BCUT2D eigenvalue weighted by Gasteiger charge is -2.34. The second-order valence-electron chi connectivity index (χ2n) is 7.66. The van der Waals surface area contributed by atoms with E-state index < -0.39 is 22.0 Å². The van der Waals surface area contributed by atoms with E-state index in [0.29, 0.717) is 39.1 Å². The third-order valence-electron chi connectivity index (χ3n) is 5.34. The Balaban J connectivity index is 1.50. The third-order valence-corrected chi connectivity index (χ3v) is 7.26. The minimum atomic E-state index is -3.65. The number of aliphatic hydroxyl groups is 1. The highest BCUT2D eigenvalue weighted by atomic mass is 32.2. The fourth-order valence-corrected chi connectivity index (χ4v) is 5.02. The van der Waals surface area contributed by atoms with E-state index in [1.807, 2.05) is 29.2 Å². The van der Waals surface area contributed by atoms with Gasteiger partial charge in [0.05, 0.1) is 4.90 Å². The lowest BCUT2D eigenvalue weighted by molar-refractivity contribution is 0.0566. The number of benzene rings is 2. The van der Waals surface area contributed by atoms with Gasteiger partial charge in [0.2, 0.25) is 15.9 Å². The second-order valence-corrected chi connectivity index (χ2v) is 9.60. The highest BCUT2D eigenvalue weighted by Gasteiger charge is 2.29. The quantitative estimate of drug-likeness (QED) is 0.517. The lowest BCUT2D eigenvalue weighted by Crippen LogP contribution is -2.50. The van der Waals surface area contributed by atoms with E-state index in [4.69, 9.17) is 10.5 Å². The van der Waals surface area contributed by atoms with Crippen LogP contribution in [-0.2, 0) is 16.4 Å². The molecule has 0 saturated carbocycles. The average molecular weight is 460 g/mol. The van der Waals surface area contributed by atoms with Gasteiger partial charge in [-0.15, -0.1) is 6.58 Å². The molecule has 9 heteroatoms. The lowest BCUT2D eigenvalue weighted by atomic mass is 10.1. The number of nitrogens with zero attached hydrogens (tertiary/aromatic N) is 2. The molecule has 1 amide bonds. The maximum Gasteiger partial charge on any atom is 0.248 e. The van der Waals surface area contributed by atoms with Gasteiger partial charge in [-0.25, -0.2) is 8.42 Å². The van der Waals surface area contributed by atoms with E-state index in [0.717, 1.165) is 11.3 Å². The molecule has 2 aromatic rings. The summed E-state index contributed by atoms with van der Waals surface area (Å²) in [6.45, 7) is 5.93. The standard InChI is InChI=1S/C23H29N3O5S/c1-2-5-18-6-3-4-7-22(18)31-17-20(27)16-25-12-14-26(15-13-25)32(29,30)21-10-8-19(9-11-21)23(24)28/h2-4,6-11,20,27H,1,5,12-17H2,(H2,24,28)/t20-/m0/s1. The molecule has 3 rings (SSSR count). The molecule has 2 aromatic carbocycles. The van der Waals surface area contributed by atoms with E-state index in [1.165, 1.54) is 28.6 Å². The van der Waals surface area contributed by atoms with Gasteiger partial charge in [0.25, 0.3) is 0 Å². The molecule has 32 heavy (non-hydrogen) atoms. The summed E-state index contributed by atoms with van der Waals surface area (Å²) in [6, 6.07) is 13.3. The Morgan fingerprint density at radius 3 is 2.41 bits per heavy atom. The van der Waals surface area contributed by atoms with Gasteiger partial charge in [0, 0.05) is 38.3 Å². The number of allylic oxidation sites excluding steroid dienone is 1. The minimum Gasteiger partial charge on any atom is -0.491 e. The van der Waals surface area contributed by atoms with Gasteiger partial charge < -0.3 is 15.6 Å². The molecule has 0 bridgehead atoms. The Morgan fingerprint density at radius 2 is 1.78 bits per heavy atom. The number of piperazine rings is 1. The fraction of sp³-hybridized carbons (Fsp3) is 0.348. The van der Waals surface area contributed by atoms with Crippen LogP contribution >= 0.6 is 0 Å². The van der Waals surface area contributed by atoms with Crippen LogP contribution in [0.3, 0.4) is 0 Å². The van der Waals surface area contributed by atoms with Crippen molar-refractivity contribution < 1.29 is 23.1 Å². The molecule has 1 atom stereocenters. The average Bonchev–Trinajstić information content (AvgIpc) is 2.79. The number of carbonyl (C=O) groups is 1. The molecule has 8 nitrogen and oxygen atoms in total. The zero-order valence-electron chi connectivity index (χ0n) is 17.9. The number of ether oxygens (including phenoxy) is 1. The number of amides is 1. The Labute approximate surface area is 188 Å². The van der Waals surface area contributed by atoms with Crippen molar-refractivity contribution in [3.63, 3.8) is 0 Å². The second kappa shape index (κ2) is 10.7. The van der Waals surface area contributed by atoms with E-state index in [9.17, 15) is 18.3 Å². The molecule has 0 aliphatic carbocycles. The summed E-state index contributed by atoms with van der Waals surface area (Å²) < 4.78 is 32.9. The molecule has 1 aliphatic rings. The van der Waals surface area contributed by atoms with Crippen LogP contribution in [0, 0.1) is 0 Å². The van der Waals surface area contributed by atoms with Gasteiger partial charge in [0.15, 0.2) is 0 Å². The first kappa shape index (κ1) is 23.9. The first-order valence-corrected chi connectivity index (χ1v) is 11.9. The number of hydrogen-bond donors (Lipinski definition) is 2. The molecule has 1 saturated heterocycles. The van der Waals surface area contributed by atoms with Crippen molar-refractivity contribution in [1.82, 2.24) is 9.21 Å². The van der Waals surface area contributed by atoms with Crippen molar-refractivity contribution in [2.45, 2.75) is 17.4 Å². The molecule has 1 heterocycles. The highest BCUT2D eigenvalue weighted by Crippen LogP contribution is 2.20. The Morgan fingerprint density at radius 1 is 1.12 bits per heavy atom. The molecule has 0 radical (unpaired) electrons. The summed E-state index contributed by atoms with van der Waals surface area (Å²) in [5.74, 6) is 0.124. The summed E-state index contributed by atoms with van der Waals surface area (Å²) in [5.41, 5.74) is 6.48. The van der Waals surface area contributed by atoms with Crippen LogP contribution < -0.4 is 10.5 Å². The van der Waals surface area contributed by atoms with Crippen molar-refractivity contribution in [2.75, 3.05) is 39.3 Å². The van der Waals surface area contributed by atoms with Crippen LogP contribution in [0.2, 0.25) is 0 Å². The normalized spacial score (nSPS) is 16.4. The smallest absolute Gasteiger partial charge is 0.248 e. The Bertz CT molecular complexity index is 1030. The number of para-hydroxylation sites is 1. The van der Waals surface area contributed by atoms with E-state index in [2.05, 4.69) is 6.58 Å². The number of nitrogens with two attached hydrogens (primary N) is 1. The molecule has 0 aromatic heterocycles. The predicted molar refractivity (Wildman–Crippen MR) is 122 cm³/mol. The van der Waals surface area contributed by atoms with E-state index in [-0.39, 0.29) is 17.1 Å². The predicted octanol–water partition coefficient (Wildman–Crippen LogP) is 1.26. The van der Waals surface area contributed by atoms with Crippen LogP contribution in [0.1, 0.15) is 15.9 Å². The van der Waals surface area contributed by atoms with Gasteiger partial charge in [0.1, 0.15) is 18.5 Å². The number of rotatable bonds is 10. The third kappa shape index (κ3) is 5.95. The van der Waals surface area contributed by atoms with Gasteiger partial charge in [-0.3, -0.25) is 9.69 Å². The number of β-amino-alcohol motifs (C(OH)–C–C–N with tert-alkyl or cyclic N) is 1. The van der Waals surface area contributed by atoms with Crippen molar-refractivity contribution in [2.24, 2.45) is 5.73 Å². The highest BCUT2D eigenvalue weighted by molar-refractivity contribution is 7.89. The molecule has 0 unspecified atom stereocenters. The maximum absolute atomic E-state index is 12.9. The first-order valence-electron chi connectivity index (χ1n) is 10.4. The monoisotopic (exact) mass is 459 g/mol. The molecular formula is C23H29N3O5S. The van der Waals surface area contributed by atoms with Crippen LogP contribution in [0.4, 0.5) is 0 Å². The number of primary amides is 1. The topological polar surface area (TPSA) is 113 Å². The fourth-order valence-electron chi connectivity index (χ4n) is 3.60. The summed E-state index contributed by atoms with van der Waals surface area (Å²) in [6.07, 6.45) is 1.79. The zero-order valence-corrected chi connectivity index (χ0v) is 18.7. The number of aliphatic hydroxyl groups excluding tert-OH is 1. The van der Waals surface area contributed by atoms with Crippen LogP contribution in [0.5, 0.6) is 5.75 Å². The van der Waals surface area contributed by atoms with Gasteiger partial charge in [-0.1, -0.05) is 24.3 Å². The van der Waals surface area contributed by atoms with Crippen molar-refractivity contribution >= 4 is 15.9 Å². The van der Waals surface area contributed by atoms with Crippen LogP contribution in [0.15, 0.2) is 66.1 Å². The summed E-state index contributed by atoms with van der Waals surface area (Å²) >= 11 is 0. The van der Waals surface area contributed by atoms with Gasteiger partial charge in [-0.2, -0.15) is 4.31 Å². The van der Waals surface area contributed by atoms with E-state index in [1.54, 1.807) is 6.08 Å². The SMILES string of the molecule is C=CCc1ccccc1OC[C@@H](O)CN1CCN(S(=O)(=O)c2ccc(C(N)=O)cc2)CC1. The number of sulfonamides is 1. The number of hydrogen-bond acceptors (Lipinski definition) is 6. The van der Waals surface area contributed by atoms with Crippen LogP contribution in [0.25, 0.3) is 0 Å². The molecule has 1 fully saturated rings. The summed E-state index contributed by atoms with van der Waals surface area (Å²) in [7, 11) is -3.65. The molecule has 3 N–H and O–H groups in total. The molecule has 172 valence electrons. The van der Waals surface area contributed by atoms with Gasteiger partial charge >= 0.3 is 0 Å². The zero-order chi connectivity index (χ0) is 23.1. The van der Waals surface area contributed by atoms with Crippen molar-refractivity contribution in [3.8, 4) is 5.75 Å². The largest absolute Gasteiger partial charge is 0.491 e. The number of carbonyl (C=O) groups excluding carboxylic acids is 1.